The Hall–Kier alpha value is -0.480. The first kappa shape index (κ1) is 15.6. The van der Waals surface area contributed by atoms with Crippen molar-refractivity contribution in [2.24, 2.45) is 5.73 Å². The van der Waals surface area contributed by atoms with Crippen molar-refractivity contribution in [2.45, 2.75) is 11.8 Å². The van der Waals surface area contributed by atoms with Gasteiger partial charge in [-0.2, -0.15) is 0 Å². The van der Waals surface area contributed by atoms with Crippen LogP contribution in [0.4, 0.5) is 0 Å². The molecule has 0 saturated carbocycles. The van der Waals surface area contributed by atoms with Crippen LogP contribution in [0.15, 0.2) is 26.0 Å². The lowest BCUT2D eigenvalue weighted by molar-refractivity contribution is -0.123. The standard InChI is InChI=1S/C9H10Br2N2O4S/c1-5-2-7(11)8(3-6(5)10)18(15,16)13-17-4-9(12)14/h2-3,13H,4H2,1H3,(H2,12,14). The summed E-state index contributed by atoms with van der Waals surface area (Å²) in [5, 5.41) is 0. The maximum atomic E-state index is 11.9. The molecule has 0 unspecified atom stereocenters. The fourth-order valence-corrected chi connectivity index (χ4v) is 3.54. The number of halogens is 2. The van der Waals surface area contributed by atoms with E-state index in [1.165, 1.54) is 6.07 Å². The van der Waals surface area contributed by atoms with Gasteiger partial charge in [-0.3, -0.25) is 9.63 Å². The number of aryl methyl sites for hydroxylation is 1. The number of sulfonamides is 1. The molecule has 0 aliphatic rings. The van der Waals surface area contributed by atoms with Gasteiger partial charge in [-0.05, 0) is 40.5 Å². The van der Waals surface area contributed by atoms with Gasteiger partial charge in [0.1, 0.15) is 6.61 Å². The fourth-order valence-electron chi connectivity index (χ4n) is 1.06. The van der Waals surface area contributed by atoms with Crippen molar-refractivity contribution in [3.63, 3.8) is 0 Å². The number of nitrogens with one attached hydrogen (secondary N) is 1. The molecule has 3 N–H and O–H groups in total. The number of primary amides is 1. The molecule has 0 bridgehead atoms. The van der Waals surface area contributed by atoms with Gasteiger partial charge >= 0.3 is 0 Å². The minimum Gasteiger partial charge on any atom is -0.368 e. The van der Waals surface area contributed by atoms with Crippen molar-refractivity contribution in [2.75, 3.05) is 6.61 Å². The van der Waals surface area contributed by atoms with Crippen LogP contribution in [0.5, 0.6) is 0 Å². The number of rotatable bonds is 5. The lowest BCUT2D eigenvalue weighted by Gasteiger charge is -2.09. The molecule has 0 saturated heterocycles. The van der Waals surface area contributed by atoms with Gasteiger partial charge < -0.3 is 5.73 Å². The van der Waals surface area contributed by atoms with E-state index in [1.54, 1.807) is 6.07 Å². The molecule has 0 heterocycles. The van der Waals surface area contributed by atoms with E-state index in [0.717, 1.165) is 5.56 Å². The summed E-state index contributed by atoms with van der Waals surface area (Å²) >= 11 is 6.39. The van der Waals surface area contributed by atoms with Gasteiger partial charge in [-0.15, -0.1) is 0 Å². The normalized spacial score (nSPS) is 11.5. The Morgan fingerprint density at radius 2 is 2.00 bits per heavy atom. The third kappa shape index (κ3) is 4.02. The van der Waals surface area contributed by atoms with E-state index in [4.69, 9.17) is 5.73 Å². The number of hydrogen-bond acceptors (Lipinski definition) is 4. The van der Waals surface area contributed by atoms with Gasteiger partial charge in [0, 0.05) is 8.95 Å². The highest BCUT2D eigenvalue weighted by atomic mass is 79.9. The Kier molecular flexibility index (Phi) is 5.29. The van der Waals surface area contributed by atoms with Gasteiger partial charge in [0.05, 0.1) is 4.90 Å². The average Bonchev–Trinajstić information content (AvgIpc) is 2.22. The summed E-state index contributed by atoms with van der Waals surface area (Å²) < 4.78 is 24.7. The Balaban J connectivity index is 2.98. The van der Waals surface area contributed by atoms with Gasteiger partial charge in [0.15, 0.2) is 0 Å². The van der Waals surface area contributed by atoms with E-state index >= 15 is 0 Å². The first-order valence-electron chi connectivity index (χ1n) is 4.61. The summed E-state index contributed by atoms with van der Waals surface area (Å²) in [7, 11) is -3.88. The second kappa shape index (κ2) is 6.11. The van der Waals surface area contributed by atoms with Crippen LogP contribution in [0, 0.1) is 6.92 Å². The summed E-state index contributed by atoms with van der Waals surface area (Å²) in [6.45, 7) is 1.28. The Morgan fingerprint density at radius 1 is 1.39 bits per heavy atom. The molecule has 18 heavy (non-hydrogen) atoms. The topological polar surface area (TPSA) is 98.5 Å². The molecule has 9 heteroatoms. The summed E-state index contributed by atoms with van der Waals surface area (Å²) in [6, 6.07) is 3.07. The Bertz CT molecular complexity index is 574. The number of nitrogens with two attached hydrogens (primary N) is 1. The molecule has 1 aromatic carbocycles. The molecular weight excluding hydrogens is 392 g/mol. The van der Waals surface area contributed by atoms with Crippen LogP contribution in [0.2, 0.25) is 0 Å². The van der Waals surface area contributed by atoms with Crippen molar-refractivity contribution in [1.82, 2.24) is 4.89 Å². The number of amides is 1. The number of carbonyl (C=O) groups is 1. The van der Waals surface area contributed by atoms with Crippen LogP contribution >= 0.6 is 31.9 Å². The quantitative estimate of drug-likeness (QED) is 0.724. The van der Waals surface area contributed by atoms with E-state index < -0.39 is 22.5 Å². The molecule has 6 nitrogen and oxygen atoms in total. The van der Waals surface area contributed by atoms with Crippen LogP contribution in [0.3, 0.4) is 0 Å². The molecule has 1 amide bonds. The molecular formula is C9H10Br2N2O4S. The largest absolute Gasteiger partial charge is 0.368 e. The molecule has 0 spiro atoms. The first-order chi connectivity index (χ1) is 8.24. The maximum Gasteiger partial charge on any atom is 0.263 e. The monoisotopic (exact) mass is 400 g/mol. The fraction of sp³-hybridized carbons (Fsp3) is 0.222. The SMILES string of the molecule is Cc1cc(Br)c(S(=O)(=O)NOCC(N)=O)cc1Br. The van der Waals surface area contributed by atoms with Crippen LogP contribution in [-0.2, 0) is 19.7 Å². The summed E-state index contributed by atoms with van der Waals surface area (Å²) in [5.41, 5.74) is 5.69. The van der Waals surface area contributed by atoms with Crippen LogP contribution in [0.25, 0.3) is 0 Å². The van der Waals surface area contributed by atoms with Gasteiger partial charge in [-0.25, -0.2) is 8.42 Å². The third-order valence-electron chi connectivity index (χ3n) is 1.89. The maximum absolute atomic E-state index is 11.9. The van der Waals surface area contributed by atoms with Crippen molar-refractivity contribution in [3.05, 3.63) is 26.6 Å². The molecule has 0 radical (unpaired) electrons. The van der Waals surface area contributed by atoms with Crippen LogP contribution in [-0.4, -0.2) is 20.9 Å². The minimum atomic E-state index is -3.88. The first-order valence-corrected chi connectivity index (χ1v) is 7.68. The number of hydrogen-bond donors (Lipinski definition) is 2. The Labute approximate surface area is 121 Å². The zero-order valence-electron chi connectivity index (χ0n) is 9.24. The second-order valence-electron chi connectivity index (χ2n) is 3.37. The van der Waals surface area contributed by atoms with E-state index in [0.29, 0.717) is 8.95 Å². The molecule has 0 fully saturated rings. The zero-order chi connectivity index (χ0) is 13.9. The van der Waals surface area contributed by atoms with Crippen molar-refractivity contribution in [1.29, 1.82) is 0 Å². The predicted octanol–water partition coefficient (Wildman–Crippen LogP) is 1.22. The van der Waals surface area contributed by atoms with Gasteiger partial charge in [0.2, 0.25) is 5.91 Å². The molecule has 0 aliphatic carbocycles. The van der Waals surface area contributed by atoms with Crippen LogP contribution in [0.1, 0.15) is 5.56 Å². The van der Waals surface area contributed by atoms with Gasteiger partial charge in [-0.1, -0.05) is 20.8 Å². The Morgan fingerprint density at radius 3 is 2.56 bits per heavy atom. The highest BCUT2D eigenvalue weighted by molar-refractivity contribution is 9.11. The predicted molar refractivity (Wildman–Crippen MR) is 72.0 cm³/mol. The molecule has 100 valence electrons. The minimum absolute atomic E-state index is 0.00977. The van der Waals surface area contributed by atoms with E-state index in [1.807, 2.05) is 11.8 Å². The van der Waals surface area contributed by atoms with Crippen molar-refractivity contribution in [3.8, 4) is 0 Å². The summed E-state index contributed by atoms with van der Waals surface area (Å²) in [4.78, 5) is 16.7. The number of benzene rings is 1. The lowest BCUT2D eigenvalue weighted by Crippen LogP contribution is -2.29. The summed E-state index contributed by atoms with van der Waals surface area (Å²) in [5.74, 6) is -0.776. The number of carbonyl (C=O) groups excluding carboxylic acids is 1. The second-order valence-corrected chi connectivity index (χ2v) is 6.70. The average molecular weight is 402 g/mol. The van der Waals surface area contributed by atoms with Crippen molar-refractivity contribution >= 4 is 47.8 Å². The summed E-state index contributed by atoms with van der Waals surface area (Å²) in [6.07, 6.45) is 0. The van der Waals surface area contributed by atoms with E-state index in [2.05, 4.69) is 36.7 Å². The molecule has 0 aromatic heterocycles. The lowest BCUT2D eigenvalue weighted by atomic mass is 10.2. The van der Waals surface area contributed by atoms with E-state index in [-0.39, 0.29) is 4.90 Å². The van der Waals surface area contributed by atoms with Crippen LogP contribution < -0.4 is 10.6 Å². The molecule has 1 aromatic rings. The molecule has 1 rings (SSSR count). The third-order valence-corrected chi connectivity index (χ3v) is 4.91. The molecule has 0 atom stereocenters. The zero-order valence-corrected chi connectivity index (χ0v) is 13.2. The van der Waals surface area contributed by atoms with E-state index in [9.17, 15) is 13.2 Å². The van der Waals surface area contributed by atoms with Crippen molar-refractivity contribution < 1.29 is 18.0 Å². The van der Waals surface area contributed by atoms with Gasteiger partial charge in [0.25, 0.3) is 10.0 Å². The highest BCUT2D eigenvalue weighted by Crippen LogP contribution is 2.28. The highest BCUT2D eigenvalue weighted by Gasteiger charge is 2.19. The smallest absolute Gasteiger partial charge is 0.263 e. The molecule has 0 aliphatic heterocycles.